The molecule has 0 amide bonds. The van der Waals surface area contributed by atoms with Crippen LogP contribution in [0.4, 0.5) is 0 Å². The Morgan fingerprint density at radius 1 is 1.09 bits per heavy atom. The molecule has 0 bridgehead atoms. The molecule has 0 aliphatic carbocycles. The Kier molecular flexibility index (Phi) is 5.41. The van der Waals surface area contributed by atoms with Crippen molar-refractivity contribution in [3.63, 3.8) is 0 Å². The SMILES string of the molecule is OCC(NCc1csc(-c2ccccc2)n1)c1ccc(Cl)cc1. The predicted octanol–water partition coefficient (Wildman–Crippen LogP) is 4.29. The van der Waals surface area contributed by atoms with Gasteiger partial charge in [0.1, 0.15) is 5.01 Å². The van der Waals surface area contributed by atoms with E-state index >= 15 is 0 Å². The lowest BCUT2D eigenvalue weighted by atomic mass is 10.1. The average molecular weight is 345 g/mol. The first-order valence-corrected chi connectivity index (χ1v) is 8.61. The fourth-order valence-corrected chi connectivity index (χ4v) is 3.26. The van der Waals surface area contributed by atoms with Crippen LogP contribution in [0, 0.1) is 0 Å². The number of rotatable bonds is 6. The maximum absolute atomic E-state index is 9.60. The molecule has 118 valence electrons. The van der Waals surface area contributed by atoms with Gasteiger partial charge in [-0.15, -0.1) is 11.3 Å². The zero-order valence-electron chi connectivity index (χ0n) is 12.4. The average Bonchev–Trinajstić information content (AvgIpc) is 3.07. The molecule has 0 spiro atoms. The zero-order chi connectivity index (χ0) is 16.1. The Labute approximate surface area is 144 Å². The van der Waals surface area contributed by atoms with Crippen LogP contribution in [-0.4, -0.2) is 16.7 Å². The molecule has 5 heteroatoms. The lowest BCUT2D eigenvalue weighted by Crippen LogP contribution is -2.24. The lowest BCUT2D eigenvalue weighted by Gasteiger charge is -2.16. The topological polar surface area (TPSA) is 45.1 Å². The van der Waals surface area contributed by atoms with Gasteiger partial charge in [-0.05, 0) is 17.7 Å². The fraction of sp³-hybridized carbons (Fsp3) is 0.167. The Morgan fingerprint density at radius 3 is 2.52 bits per heavy atom. The first kappa shape index (κ1) is 16.1. The maximum atomic E-state index is 9.60. The number of hydrogen-bond acceptors (Lipinski definition) is 4. The third-order valence-electron chi connectivity index (χ3n) is 3.56. The molecule has 2 aromatic carbocycles. The Morgan fingerprint density at radius 2 is 1.83 bits per heavy atom. The van der Waals surface area contributed by atoms with E-state index in [9.17, 15) is 5.11 Å². The van der Waals surface area contributed by atoms with E-state index in [0.717, 1.165) is 21.8 Å². The Bertz CT molecular complexity index is 743. The number of nitrogens with one attached hydrogen (secondary N) is 1. The number of nitrogens with zero attached hydrogens (tertiary/aromatic N) is 1. The largest absolute Gasteiger partial charge is 0.394 e. The first-order chi connectivity index (χ1) is 11.3. The highest BCUT2D eigenvalue weighted by Gasteiger charge is 2.11. The fourth-order valence-electron chi connectivity index (χ4n) is 2.31. The van der Waals surface area contributed by atoms with Gasteiger partial charge in [0.25, 0.3) is 0 Å². The van der Waals surface area contributed by atoms with Crippen molar-refractivity contribution in [1.29, 1.82) is 0 Å². The smallest absolute Gasteiger partial charge is 0.123 e. The molecule has 0 saturated heterocycles. The summed E-state index contributed by atoms with van der Waals surface area (Å²) in [6.45, 7) is 0.633. The molecule has 1 heterocycles. The molecule has 3 aromatic rings. The number of benzene rings is 2. The second-order valence-corrected chi connectivity index (χ2v) is 6.47. The van der Waals surface area contributed by atoms with Gasteiger partial charge < -0.3 is 10.4 Å². The van der Waals surface area contributed by atoms with Crippen LogP contribution in [0.1, 0.15) is 17.3 Å². The summed E-state index contributed by atoms with van der Waals surface area (Å²) in [4.78, 5) is 4.65. The minimum absolute atomic E-state index is 0.0251. The zero-order valence-corrected chi connectivity index (χ0v) is 14.0. The van der Waals surface area contributed by atoms with Gasteiger partial charge >= 0.3 is 0 Å². The molecule has 1 aromatic heterocycles. The summed E-state index contributed by atoms with van der Waals surface area (Å²) >= 11 is 7.53. The van der Waals surface area contributed by atoms with Gasteiger partial charge in [-0.25, -0.2) is 4.98 Å². The van der Waals surface area contributed by atoms with Crippen LogP contribution in [0.2, 0.25) is 5.02 Å². The molecule has 0 radical (unpaired) electrons. The minimum Gasteiger partial charge on any atom is -0.394 e. The van der Waals surface area contributed by atoms with E-state index in [-0.39, 0.29) is 12.6 Å². The van der Waals surface area contributed by atoms with E-state index in [1.807, 2.05) is 47.8 Å². The van der Waals surface area contributed by atoms with E-state index in [0.29, 0.717) is 11.6 Å². The molecule has 3 rings (SSSR count). The minimum atomic E-state index is -0.130. The molecule has 0 saturated carbocycles. The molecular formula is C18H17ClN2OS. The van der Waals surface area contributed by atoms with Crippen molar-refractivity contribution in [2.75, 3.05) is 6.61 Å². The van der Waals surface area contributed by atoms with Crippen LogP contribution in [-0.2, 0) is 6.54 Å². The van der Waals surface area contributed by atoms with Crippen LogP contribution < -0.4 is 5.32 Å². The monoisotopic (exact) mass is 344 g/mol. The highest BCUT2D eigenvalue weighted by molar-refractivity contribution is 7.13. The quantitative estimate of drug-likeness (QED) is 0.701. The summed E-state index contributed by atoms with van der Waals surface area (Å²) in [5, 5.41) is 16.7. The van der Waals surface area contributed by atoms with Gasteiger partial charge in [-0.2, -0.15) is 0 Å². The number of aromatic nitrogens is 1. The summed E-state index contributed by atoms with van der Waals surface area (Å²) in [6, 6.07) is 17.5. The van der Waals surface area contributed by atoms with Crippen molar-refractivity contribution in [2.24, 2.45) is 0 Å². The molecule has 1 unspecified atom stereocenters. The lowest BCUT2D eigenvalue weighted by molar-refractivity contribution is 0.243. The second kappa shape index (κ2) is 7.70. The van der Waals surface area contributed by atoms with Crippen LogP contribution in [0.5, 0.6) is 0 Å². The van der Waals surface area contributed by atoms with E-state index in [1.54, 1.807) is 11.3 Å². The number of aliphatic hydroxyl groups is 1. The highest BCUT2D eigenvalue weighted by atomic mass is 35.5. The number of aliphatic hydroxyl groups excluding tert-OH is 1. The Balaban J connectivity index is 1.65. The molecule has 1 atom stereocenters. The predicted molar refractivity (Wildman–Crippen MR) is 95.7 cm³/mol. The van der Waals surface area contributed by atoms with Crippen LogP contribution >= 0.6 is 22.9 Å². The van der Waals surface area contributed by atoms with E-state index in [4.69, 9.17) is 11.6 Å². The molecule has 3 nitrogen and oxygen atoms in total. The maximum Gasteiger partial charge on any atom is 0.123 e. The van der Waals surface area contributed by atoms with Crippen LogP contribution in [0.15, 0.2) is 60.0 Å². The van der Waals surface area contributed by atoms with Crippen molar-refractivity contribution in [3.05, 3.63) is 76.3 Å². The summed E-state index contributed by atoms with van der Waals surface area (Å²) in [6.07, 6.45) is 0. The molecule has 0 aliphatic rings. The van der Waals surface area contributed by atoms with Crippen molar-refractivity contribution in [2.45, 2.75) is 12.6 Å². The molecule has 23 heavy (non-hydrogen) atoms. The van der Waals surface area contributed by atoms with Crippen molar-refractivity contribution >= 4 is 22.9 Å². The van der Waals surface area contributed by atoms with Crippen molar-refractivity contribution < 1.29 is 5.11 Å². The second-order valence-electron chi connectivity index (χ2n) is 5.18. The third kappa shape index (κ3) is 4.18. The first-order valence-electron chi connectivity index (χ1n) is 7.36. The van der Waals surface area contributed by atoms with Gasteiger partial charge in [0, 0.05) is 22.5 Å². The number of thiazole rings is 1. The number of halogens is 1. The van der Waals surface area contributed by atoms with Gasteiger partial charge in [0.05, 0.1) is 18.3 Å². The van der Waals surface area contributed by atoms with Gasteiger partial charge in [0.2, 0.25) is 0 Å². The van der Waals surface area contributed by atoms with Crippen molar-refractivity contribution in [1.82, 2.24) is 10.3 Å². The summed E-state index contributed by atoms with van der Waals surface area (Å²) < 4.78 is 0. The van der Waals surface area contributed by atoms with Crippen LogP contribution in [0.25, 0.3) is 10.6 Å². The summed E-state index contributed by atoms with van der Waals surface area (Å²) in [5.41, 5.74) is 3.11. The van der Waals surface area contributed by atoms with E-state index < -0.39 is 0 Å². The summed E-state index contributed by atoms with van der Waals surface area (Å²) in [7, 11) is 0. The Hall–Kier alpha value is -1.72. The molecule has 0 aliphatic heterocycles. The van der Waals surface area contributed by atoms with Crippen LogP contribution in [0.3, 0.4) is 0 Å². The molecular weight excluding hydrogens is 328 g/mol. The van der Waals surface area contributed by atoms with Gasteiger partial charge in [-0.3, -0.25) is 0 Å². The van der Waals surface area contributed by atoms with Gasteiger partial charge in [-0.1, -0.05) is 54.1 Å². The standard InChI is InChI=1S/C18H17ClN2OS/c19-15-8-6-13(7-9-15)17(11-22)20-10-16-12-23-18(21-16)14-4-2-1-3-5-14/h1-9,12,17,20,22H,10-11H2. The van der Waals surface area contributed by atoms with Gasteiger partial charge in [0.15, 0.2) is 0 Å². The molecule has 2 N–H and O–H groups in total. The third-order valence-corrected chi connectivity index (χ3v) is 4.75. The summed E-state index contributed by atoms with van der Waals surface area (Å²) in [5.74, 6) is 0. The number of hydrogen-bond donors (Lipinski definition) is 2. The van der Waals surface area contributed by atoms with E-state index in [2.05, 4.69) is 22.4 Å². The normalized spacial score (nSPS) is 12.3. The highest BCUT2D eigenvalue weighted by Crippen LogP contribution is 2.23. The molecule has 0 fully saturated rings. The van der Waals surface area contributed by atoms with E-state index in [1.165, 1.54) is 0 Å². The van der Waals surface area contributed by atoms with Crippen molar-refractivity contribution in [3.8, 4) is 10.6 Å².